The summed E-state index contributed by atoms with van der Waals surface area (Å²) in [5.41, 5.74) is 1.47. The van der Waals surface area contributed by atoms with Crippen LogP contribution in [0.2, 0.25) is 5.02 Å². The lowest BCUT2D eigenvalue weighted by atomic mass is 10.2. The van der Waals surface area contributed by atoms with Crippen LogP contribution in [0.25, 0.3) is 0 Å². The van der Waals surface area contributed by atoms with Crippen molar-refractivity contribution in [3.05, 3.63) is 58.4 Å². The lowest BCUT2D eigenvalue weighted by Crippen LogP contribution is -2.16. The molecule has 0 aliphatic heterocycles. The average molecular weight is 432 g/mol. The predicted octanol–water partition coefficient (Wildman–Crippen LogP) is 5.39. The summed E-state index contributed by atoms with van der Waals surface area (Å²) in [6.45, 7) is 7.46. The average Bonchev–Trinajstić information content (AvgIpc) is 2.65. The van der Waals surface area contributed by atoms with Gasteiger partial charge in [0.2, 0.25) is 0 Å². The Hall–Kier alpha value is -1.53. The smallest absolute Gasteiger partial charge is 0.180 e. The van der Waals surface area contributed by atoms with Crippen LogP contribution in [0.1, 0.15) is 31.4 Å². The lowest BCUT2D eigenvalue weighted by molar-refractivity contribution is 0.144. The Labute approximate surface area is 177 Å². The molecule has 0 amide bonds. The molecular formula is C21H28Cl2FNO3. The van der Waals surface area contributed by atoms with Crippen LogP contribution in [0.4, 0.5) is 4.39 Å². The highest BCUT2D eigenvalue weighted by atomic mass is 35.5. The van der Waals surface area contributed by atoms with Gasteiger partial charge < -0.3 is 19.5 Å². The zero-order chi connectivity index (χ0) is 19.5. The monoisotopic (exact) mass is 431 g/mol. The van der Waals surface area contributed by atoms with Gasteiger partial charge in [0, 0.05) is 25.3 Å². The summed E-state index contributed by atoms with van der Waals surface area (Å²) < 4.78 is 30.6. The number of benzene rings is 2. The number of ether oxygens (including phenoxy) is 3. The van der Waals surface area contributed by atoms with Crippen molar-refractivity contribution in [1.82, 2.24) is 5.32 Å². The number of hydrogen-bond donors (Lipinski definition) is 1. The van der Waals surface area contributed by atoms with Crippen LogP contribution in [0.3, 0.4) is 0 Å². The second-order valence-corrected chi connectivity index (χ2v) is 6.35. The highest BCUT2D eigenvalue weighted by Crippen LogP contribution is 2.37. The summed E-state index contributed by atoms with van der Waals surface area (Å²) in [5, 5.41) is 3.80. The second-order valence-electron chi connectivity index (χ2n) is 5.95. The van der Waals surface area contributed by atoms with E-state index in [4.69, 9.17) is 25.8 Å². The maximum Gasteiger partial charge on any atom is 0.180 e. The SMILES string of the molecule is CCOCCCNCc1cc(Cl)c(OCc2ccccc2F)c(OCC)c1.Cl. The summed E-state index contributed by atoms with van der Waals surface area (Å²) in [7, 11) is 0. The molecule has 28 heavy (non-hydrogen) atoms. The summed E-state index contributed by atoms with van der Waals surface area (Å²) in [6.07, 6.45) is 0.948. The first-order valence-electron chi connectivity index (χ1n) is 9.25. The molecule has 156 valence electrons. The Morgan fingerprint density at radius 2 is 1.86 bits per heavy atom. The van der Waals surface area contributed by atoms with Gasteiger partial charge in [-0.15, -0.1) is 12.4 Å². The fourth-order valence-electron chi connectivity index (χ4n) is 2.57. The Kier molecular flexibility index (Phi) is 11.9. The maximum atomic E-state index is 13.8. The molecule has 0 saturated carbocycles. The summed E-state index contributed by atoms with van der Waals surface area (Å²) in [4.78, 5) is 0. The first-order valence-corrected chi connectivity index (χ1v) is 9.63. The van der Waals surface area contributed by atoms with E-state index >= 15 is 0 Å². The Morgan fingerprint density at radius 3 is 2.57 bits per heavy atom. The fraction of sp³-hybridized carbons (Fsp3) is 0.429. The van der Waals surface area contributed by atoms with Crippen molar-refractivity contribution >= 4 is 24.0 Å². The maximum absolute atomic E-state index is 13.8. The molecule has 0 aromatic heterocycles. The van der Waals surface area contributed by atoms with Gasteiger partial charge in [-0.3, -0.25) is 0 Å². The van der Waals surface area contributed by atoms with Crippen molar-refractivity contribution in [2.45, 2.75) is 33.4 Å². The molecule has 2 aromatic rings. The fourth-order valence-corrected chi connectivity index (χ4v) is 2.86. The molecule has 0 fully saturated rings. The van der Waals surface area contributed by atoms with Crippen molar-refractivity contribution in [3.63, 3.8) is 0 Å². The van der Waals surface area contributed by atoms with Gasteiger partial charge in [-0.25, -0.2) is 4.39 Å². The number of rotatable bonds is 12. The molecule has 0 bridgehead atoms. The van der Waals surface area contributed by atoms with Crippen LogP contribution in [-0.4, -0.2) is 26.4 Å². The summed E-state index contributed by atoms with van der Waals surface area (Å²) in [5.74, 6) is 0.689. The van der Waals surface area contributed by atoms with E-state index in [1.165, 1.54) is 6.07 Å². The van der Waals surface area contributed by atoms with Crippen LogP contribution in [0.15, 0.2) is 36.4 Å². The second kappa shape index (κ2) is 13.6. The molecule has 4 nitrogen and oxygen atoms in total. The van der Waals surface area contributed by atoms with Crippen molar-refractivity contribution in [3.8, 4) is 11.5 Å². The van der Waals surface area contributed by atoms with Crippen LogP contribution < -0.4 is 14.8 Å². The molecular weight excluding hydrogens is 404 g/mol. The highest BCUT2D eigenvalue weighted by molar-refractivity contribution is 6.32. The molecule has 0 aliphatic rings. The third-order valence-electron chi connectivity index (χ3n) is 3.87. The van der Waals surface area contributed by atoms with Gasteiger partial charge in [-0.1, -0.05) is 29.8 Å². The van der Waals surface area contributed by atoms with E-state index in [0.717, 1.165) is 31.7 Å². The summed E-state index contributed by atoms with van der Waals surface area (Å²) >= 11 is 6.41. The quantitative estimate of drug-likeness (QED) is 0.457. The van der Waals surface area contributed by atoms with E-state index in [1.54, 1.807) is 18.2 Å². The van der Waals surface area contributed by atoms with Crippen LogP contribution in [-0.2, 0) is 17.9 Å². The lowest BCUT2D eigenvalue weighted by Gasteiger charge is -2.16. The highest BCUT2D eigenvalue weighted by Gasteiger charge is 2.14. The first-order chi connectivity index (χ1) is 13.2. The van der Waals surface area contributed by atoms with Crippen molar-refractivity contribution in [1.29, 1.82) is 0 Å². The van der Waals surface area contributed by atoms with E-state index in [9.17, 15) is 4.39 Å². The van der Waals surface area contributed by atoms with E-state index in [0.29, 0.717) is 35.2 Å². The molecule has 1 N–H and O–H groups in total. The minimum atomic E-state index is -0.306. The Morgan fingerprint density at radius 1 is 1.07 bits per heavy atom. The molecule has 7 heteroatoms. The number of nitrogens with one attached hydrogen (secondary N) is 1. The zero-order valence-electron chi connectivity index (χ0n) is 16.3. The van der Waals surface area contributed by atoms with Crippen molar-refractivity contribution in [2.75, 3.05) is 26.4 Å². The molecule has 0 spiro atoms. The molecule has 2 aromatic carbocycles. The van der Waals surface area contributed by atoms with E-state index in [2.05, 4.69) is 5.32 Å². The van der Waals surface area contributed by atoms with Crippen LogP contribution in [0, 0.1) is 5.82 Å². The normalized spacial score (nSPS) is 10.4. The standard InChI is InChI=1S/C21H27ClFNO3.ClH/c1-3-25-11-7-10-24-14-16-12-18(22)21(20(13-16)26-4-2)27-15-17-8-5-6-9-19(17)23;/h5-6,8-9,12-13,24H,3-4,7,10-11,14-15H2,1-2H3;1H. The number of hydrogen-bond acceptors (Lipinski definition) is 4. The van der Waals surface area contributed by atoms with Crippen molar-refractivity contribution in [2.24, 2.45) is 0 Å². The van der Waals surface area contributed by atoms with Gasteiger partial charge in [-0.2, -0.15) is 0 Å². The third-order valence-corrected chi connectivity index (χ3v) is 4.16. The molecule has 0 heterocycles. The largest absolute Gasteiger partial charge is 0.490 e. The van der Waals surface area contributed by atoms with Gasteiger partial charge >= 0.3 is 0 Å². The van der Waals surface area contributed by atoms with Crippen LogP contribution in [0.5, 0.6) is 11.5 Å². The van der Waals surface area contributed by atoms with Crippen molar-refractivity contribution < 1.29 is 18.6 Å². The Balaban J connectivity index is 0.00000392. The third kappa shape index (κ3) is 7.84. The van der Waals surface area contributed by atoms with Gasteiger partial charge in [0.05, 0.1) is 11.6 Å². The van der Waals surface area contributed by atoms with Gasteiger partial charge in [-0.05, 0) is 50.6 Å². The van der Waals surface area contributed by atoms with Gasteiger partial charge in [0.25, 0.3) is 0 Å². The summed E-state index contributed by atoms with van der Waals surface area (Å²) in [6, 6.07) is 10.3. The van der Waals surface area contributed by atoms with E-state index in [-0.39, 0.29) is 24.8 Å². The molecule has 0 saturated heterocycles. The molecule has 0 aliphatic carbocycles. The van der Waals surface area contributed by atoms with Gasteiger partial charge in [0.1, 0.15) is 12.4 Å². The minimum absolute atomic E-state index is 0. The topological polar surface area (TPSA) is 39.7 Å². The first kappa shape index (κ1) is 24.5. The molecule has 2 rings (SSSR count). The number of halogens is 3. The zero-order valence-corrected chi connectivity index (χ0v) is 17.9. The van der Waals surface area contributed by atoms with Gasteiger partial charge in [0.15, 0.2) is 11.5 Å². The van der Waals surface area contributed by atoms with Crippen LogP contribution >= 0.6 is 24.0 Å². The molecule has 0 atom stereocenters. The minimum Gasteiger partial charge on any atom is -0.490 e. The van der Waals surface area contributed by atoms with E-state index in [1.807, 2.05) is 26.0 Å². The van der Waals surface area contributed by atoms with E-state index < -0.39 is 0 Å². The molecule has 0 radical (unpaired) electrons. The molecule has 0 unspecified atom stereocenters. The predicted molar refractivity (Wildman–Crippen MR) is 113 cm³/mol. The Bertz CT molecular complexity index is 716.